The molecule has 0 aliphatic carbocycles. The molecule has 0 aliphatic heterocycles. The number of alkyl halides is 6. The zero-order valence-electron chi connectivity index (χ0n) is 13.9. The second kappa shape index (κ2) is 7.06. The van der Waals surface area contributed by atoms with Gasteiger partial charge in [0.1, 0.15) is 0 Å². The van der Waals surface area contributed by atoms with Crippen molar-refractivity contribution in [1.82, 2.24) is 4.98 Å². The van der Waals surface area contributed by atoms with Gasteiger partial charge in [0.2, 0.25) is 5.91 Å². The highest BCUT2D eigenvalue weighted by atomic mass is 19.4. The Morgan fingerprint density at radius 1 is 0.929 bits per heavy atom. The van der Waals surface area contributed by atoms with Gasteiger partial charge in [0.25, 0.3) is 0 Å². The average molecular weight is 398 g/mol. The van der Waals surface area contributed by atoms with E-state index in [-0.39, 0.29) is 6.07 Å². The van der Waals surface area contributed by atoms with E-state index in [9.17, 15) is 31.1 Å². The molecular formula is C19H12F6N2O. The number of carbonyl (C=O) groups excluding carboxylic acids is 1. The van der Waals surface area contributed by atoms with Crippen LogP contribution in [0.5, 0.6) is 0 Å². The smallest absolute Gasteiger partial charge is 0.361 e. The molecule has 0 bridgehead atoms. The van der Waals surface area contributed by atoms with Gasteiger partial charge < -0.3 is 10.3 Å². The minimum Gasteiger partial charge on any atom is -0.361 e. The molecule has 28 heavy (non-hydrogen) atoms. The normalized spacial score (nSPS) is 12.6. The lowest BCUT2D eigenvalue weighted by Gasteiger charge is -2.14. The molecule has 3 rings (SSSR count). The number of benzene rings is 2. The van der Waals surface area contributed by atoms with E-state index in [1.54, 1.807) is 30.5 Å². The van der Waals surface area contributed by atoms with Crippen molar-refractivity contribution in [1.29, 1.82) is 0 Å². The fourth-order valence-electron chi connectivity index (χ4n) is 2.60. The Labute approximate surface area is 154 Å². The lowest BCUT2D eigenvalue weighted by atomic mass is 10.0. The molecule has 0 saturated heterocycles. The summed E-state index contributed by atoms with van der Waals surface area (Å²) in [4.78, 5) is 14.9. The zero-order chi connectivity index (χ0) is 20.5. The van der Waals surface area contributed by atoms with Crippen LogP contribution in [-0.2, 0) is 17.1 Å². The van der Waals surface area contributed by atoms with Crippen LogP contribution in [0.15, 0.2) is 54.7 Å². The Bertz CT molecular complexity index is 1050. The lowest BCUT2D eigenvalue weighted by Crippen LogP contribution is -2.12. The number of rotatable bonds is 3. The van der Waals surface area contributed by atoms with Crippen LogP contribution in [0.2, 0.25) is 0 Å². The molecule has 0 aliphatic rings. The summed E-state index contributed by atoms with van der Waals surface area (Å²) in [6.45, 7) is 0. The van der Waals surface area contributed by atoms with Crippen LogP contribution >= 0.6 is 0 Å². The Hall–Kier alpha value is -3.23. The van der Waals surface area contributed by atoms with Crippen LogP contribution in [0.4, 0.5) is 32.0 Å². The minimum atomic E-state index is -5.00. The zero-order valence-corrected chi connectivity index (χ0v) is 13.9. The van der Waals surface area contributed by atoms with Crippen molar-refractivity contribution in [2.24, 2.45) is 0 Å². The van der Waals surface area contributed by atoms with Crippen molar-refractivity contribution in [2.45, 2.75) is 12.4 Å². The number of hydrogen-bond donors (Lipinski definition) is 2. The Balaban J connectivity index is 1.83. The summed E-state index contributed by atoms with van der Waals surface area (Å²) in [6, 6.07) is 8.00. The topological polar surface area (TPSA) is 44.9 Å². The highest BCUT2D eigenvalue weighted by molar-refractivity contribution is 6.03. The van der Waals surface area contributed by atoms with Crippen LogP contribution < -0.4 is 5.32 Å². The molecule has 0 atom stereocenters. The van der Waals surface area contributed by atoms with Crippen LogP contribution in [-0.4, -0.2) is 10.9 Å². The average Bonchev–Trinajstić information content (AvgIpc) is 3.06. The van der Waals surface area contributed by atoms with E-state index in [0.717, 1.165) is 23.1 Å². The van der Waals surface area contributed by atoms with Gasteiger partial charge in [-0.15, -0.1) is 0 Å². The highest BCUT2D eigenvalue weighted by Gasteiger charge is 2.37. The van der Waals surface area contributed by atoms with Crippen LogP contribution in [0.3, 0.4) is 0 Å². The molecule has 2 aromatic carbocycles. The third-order valence-corrected chi connectivity index (χ3v) is 3.92. The van der Waals surface area contributed by atoms with Gasteiger partial charge in [-0.2, -0.15) is 26.3 Å². The number of fused-ring (bicyclic) bond motifs is 1. The van der Waals surface area contributed by atoms with E-state index in [1.807, 2.05) is 0 Å². The molecule has 0 radical (unpaired) electrons. The van der Waals surface area contributed by atoms with Gasteiger partial charge in [0, 0.05) is 28.9 Å². The van der Waals surface area contributed by atoms with Crippen molar-refractivity contribution < 1.29 is 31.1 Å². The number of amides is 1. The van der Waals surface area contributed by atoms with Crippen molar-refractivity contribution in [3.05, 3.63) is 71.4 Å². The fraction of sp³-hybridized carbons (Fsp3) is 0.105. The van der Waals surface area contributed by atoms with Gasteiger partial charge in [0.05, 0.1) is 11.1 Å². The third kappa shape index (κ3) is 4.36. The first-order valence-electron chi connectivity index (χ1n) is 7.89. The molecule has 0 spiro atoms. The van der Waals surface area contributed by atoms with E-state index in [2.05, 4.69) is 10.3 Å². The standard InChI is InChI=1S/C19H12F6N2O/c20-18(21,22)13-3-1-11(15(10-13)19(23,24)25)2-6-17(28)27-14-4-5-16-12(9-14)7-8-26-16/h1-10,26H,(H,27,28)/b6-2+. The van der Waals surface area contributed by atoms with Gasteiger partial charge in [-0.3, -0.25) is 4.79 Å². The van der Waals surface area contributed by atoms with Crippen molar-refractivity contribution in [3.8, 4) is 0 Å². The first kappa shape index (κ1) is 19.5. The summed E-state index contributed by atoms with van der Waals surface area (Å²) >= 11 is 0. The maximum Gasteiger partial charge on any atom is 0.417 e. The van der Waals surface area contributed by atoms with Crippen molar-refractivity contribution >= 4 is 28.6 Å². The van der Waals surface area contributed by atoms with Gasteiger partial charge >= 0.3 is 12.4 Å². The highest BCUT2D eigenvalue weighted by Crippen LogP contribution is 2.37. The number of halogens is 6. The molecule has 2 N–H and O–H groups in total. The van der Waals surface area contributed by atoms with Crippen molar-refractivity contribution in [3.63, 3.8) is 0 Å². The van der Waals surface area contributed by atoms with Crippen LogP contribution in [0.25, 0.3) is 17.0 Å². The molecule has 9 heteroatoms. The molecule has 1 aromatic heterocycles. The van der Waals surface area contributed by atoms with E-state index < -0.39 is 35.0 Å². The van der Waals surface area contributed by atoms with E-state index in [0.29, 0.717) is 17.8 Å². The molecule has 1 amide bonds. The Morgan fingerprint density at radius 3 is 2.36 bits per heavy atom. The predicted molar refractivity (Wildman–Crippen MR) is 92.4 cm³/mol. The minimum absolute atomic E-state index is 0.0252. The first-order chi connectivity index (χ1) is 13.0. The second-order valence-corrected chi connectivity index (χ2v) is 5.90. The monoisotopic (exact) mass is 398 g/mol. The number of H-pyrrole nitrogens is 1. The molecule has 146 valence electrons. The maximum atomic E-state index is 13.1. The second-order valence-electron chi connectivity index (χ2n) is 5.90. The predicted octanol–water partition coefficient (Wildman–Crippen LogP) is 5.86. The molecule has 1 heterocycles. The number of aromatic amines is 1. The molecule has 3 nitrogen and oxygen atoms in total. The third-order valence-electron chi connectivity index (χ3n) is 3.92. The number of anilines is 1. The largest absolute Gasteiger partial charge is 0.417 e. The number of aromatic nitrogens is 1. The van der Waals surface area contributed by atoms with Gasteiger partial charge in [-0.25, -0.2) is 0 Å². The lowest BCUT2D eigenvalue weighted by molar-refractivity contribution is -0.143. The van der Waals surface area contributed by atoms with Gasteiger partial charge in [-0.1, -0.05) is 6.07 Å². The summed E-state index contributed by atoms with van der Waals surface area (Å²) in [5.41, 5.74) is -2.17. The number of carbonyl (C=O) groups is 1. The SMILES string of the molecule is O=C(/C=C/c1ccc(C(F)(F)F)cc1C(F)(F)F)Nc1ccc2[nH]ccc2c1. The van der Waals surface area contributed by atoms with E-state index >= 15 is 0 Å². The van der Waals surface area contributed by atoms with Crippen LogP contribution in [0, 0.1) is 0 Å². The summed E-state index contributed by atoms with van der Waals surface area (Å²) in [6.07, 6.45) is -6.54. The van der Waals surface area contributed by atoms with E-state index in [1.165, 1.54) is 0 Å². The van der Waals surface area contributed by atoms with Crippen molar-refractivity contribution in [2.75, 3.05) is 5.32 Å². The molecule has 0 unspecified atom stereocenters. The van der Waals surface area contributed by atoms with Gasteiger partial charge in [0.15, 0.2) is 0 Å². The summed E-state index contributed by atoms with van der Waals surface area (Å²) < 4.78 is 77.3. The van der Waals surface area contributed by atoms with Crippen LogP contribution in [0.1, 0.15) is 16.7 Å². The molecular weight excluding hydrogens is 386 g/mol. The number of hydrogen-bond acceptors (Lipinski definition) is 1. The fourth-order valence-corrected chi connectivity index (χ4v) is 2.60. The van der Waals surface area contributed by atoms with Gasteiger partial charge in [-0.05, 0) is 48.0 Å². The first-order valence-corrected chi connectivity index (χ1v) is 7.89. The Morgan fingerprint density at radius 2 is 1.68 bits per heavy atom. The molecule has 0 saturated carbocycles. The Kier molecular flexibility index (Phi) is 4.93. The summed E-state index contributed by atoms with van der Waals surface area (Å²) in [7, 11) is 0. The number of nitrogens with one attached hydrogen (secondary N) is 2. The maximum absolute atomic E-state index is 13.1. The summed E-state index contributed by atoms with van der Waals surface area (Å²) in [5.74, 6) is -0.720. The molecule has 3 aromatic rings. The molecule has 0 fully saturated rings. The quantitative estimate of drug-likeness (QED) is 0.421. The summed E-state index contributed by atoms with van der Waals surface area (Å²) in [5, 5.41) is 3.31. The van der Waals surface area contributed by atoms with E-state index in [4.69, 9.17) is 0 Å².